The molecule has 0 aliphatic heterocycles. The molecule has 0 unspecified atom stereocenters. The second kappa shape index (κ2) is 29.0. The number of Topliss-reactive ketones (excluding diaryl/α,β-unsaturated/α-hetero) is 6. The molecule has 0 bridgehead atoms. The van der Waals surface area contributed by atoms with Crippen LogP contribution >= 0.6 is 0 Å². The van der Waals surface area contributed by atoms with Gasteiger partial charge in [-0.3, -0.25) is 28.8 Å². The van der Waals surface area contributed by atoms with Gasteiger partial charge in [0.1, 0.15) is 17.3 Å². The average molecular weight is 1240 g/mol. The second-order valence-electron chi connectivity index (χ2n) is 23.1. The molecule has 6 aromatic rings. The van der Waals surface area contributed by atoms with Crippen LogP contribution in [0.2, 0.25) is 0 Å². The quantitative estimate of drug-likeness (QED) is 0.0925. The molecule has 0 spiro atoms. The zero-order valence-corrected chi connectivity index (χ0v) is 49.8. The summed E-state index contributed by atoms with van der Waals surface area (Å²) in [5.41, 5.74) is -0.205. The number of carboxylic acids is 3. The molecule has 4 aromatic carbocycles. The minimum atomic E-state index is -1.60. The van der Waals surface area contributed by atoms with E-state index in [1.807, 2.05) is 72.8 Å². The Kier molecular flexibility index (Phi) is 25.5. The van der Waals surface area contributed by atoms with E-state index in [0.717, 1.165) is 33.5 Å². The average Bonchev–Trinajstić information content (AvgIpc) is 3.36. The van der Waals surface area contributed by atoms with Gasteiger partial charge in [-0.2, -0.15) is 0 Å². The maximum atomic E-state index is 11.5. The van der Waals surface area contributed by atoms with Crippen LogP contribution in [-0.2, 0) is 63.3 Å². The van der Waals surface area contributed by atoms with E-state index in [4.69, 9.17) is 0 Å². The van der Waals surface area contributed by atoms with Crippen LogP contribution in [0.3, 0.4) is 0 Å². The fraction of sp³-hybridized carbons (Fsp3) is 0.381. The van der Waals surface area contributed by atoms with Gasteiger partial charge in [0.15, 0.2) is 17.3 Å². The molecule has 0 amide bonds. The predicted octanol–water partition coefficient (Wildman–Crippen LogP) is 8.81. The molecule has 0 aliphatic carbocycles. The number of para-hydroxylation sites is 2. The SMILES string of the molecule is CC(C)(C)C(=O)CC(=O)C(C)(C)C(=O)[O-].CC(C)(C)C(=O)CC(=O)C(C)(C)C(=O)[O-].CC(C)(C)C(=O)CC(=O)C(C)(C)C(=O)[O-].[Ir+3].c1ccc(-c2ccc3ccccc3n2)cc1.c1ccc(-c2ccc3ccccc3n2)cc1. The third-order valence-electron chi connectivity index (χ3n) is 12.4. The fourth-order valence-corrected chi connectivity index (χ4v) is 5.91. The summed E-state index contributed by atoms with van der Waals surface area (Å²) in [7, 11) is 0. The number of fused-ring (bicyclic) bond motifs is 2. The first kappa shape index (κ1) is 68.8. The number of carboxylic acid groups (broad SMARTS) is 3. The number of benzene rings is 4. The van der Waals surface area contributed by atoms with Crippen LogP contribution in [0.1, 0.15) is 123 Å². The molecule has 0 fully saturated rings. The van der Waals surface area contributed by atoms with Crippen LogP contribution in [0, 0.1) is 32.5 Å². The predicted molar refractivity (Wildman–Crippen MR) is 293 cm³/mol. The van der Waals surface area contributed by atoms with E-state index in [1.165, 1.54) is 52.3 Å². The van der Waals surface area contributed by atoms with Gasteiger partial charge in [0.2, 0.25) is 0 Å². The maximum Gasteiger partial charge on any atom is 3.00 e. The van der Waals surface area contributed by atoms with E-state index in [0.29, 0.717) is 0 Å². The van der Waals surface area contributed by atoms with Crippen molar-refractivity contribution >= 4 is 74.4 Å². The van der Waals surface area contributed by atoms with E-state index < -0.39 is 67.7 Å². The van der Waals surface area contributed by atoms with Gasteiger partial charge in [-0.1, -0.05) is 172 Å². The molecular weight excluding hydrogens is 1170 g/mol. The van der Waals surface area contributed by atoms with E-state index in [-0.39, 0.29) is 56.7 Å². The van der Waals surface area contributed by atoms with Gasteiger partial charge in [0, 0.05) is 38.1 Å². The summed E-state index contributed by atoms with van der Waals surface area (Å²) in [6, 6.07) is 45.2. The van der Waals surface area contributed by atoms with Crippen molar-refractivity contribution in [2.45, 2.75) is 123 Å². The van der Waals surface area contributed by atoms with Crippen LogP contribution in [0.5, 0.6) is 0 Å². The van der Waals surface area contributed by atoms with Gasteiger partial charge < -0.3 is 29.7 Å². The summed E-state index contributed by atoms with van der Waals surface area (Å²) in [5.74, 6) is -6.96. The number of nitrogens with zero attached hydrogens (tertiary/aromatic N) is 2. The summed E-state index contributed by atoms with van der Waals surface area (Å²) in [6.07, 6.45) is -1.07. The first-order valence-corrected chi connectivity index (χ1v) is 25.0. The standard InChI is InChI=1S/2C15H11N.3C11H18O4.Ir/c2*1-2-6-12(7-3-1)15-11-10-13-8-4-5-9-14(13)16-15;3*1-10(2,3)7(12)6-8(13)11(4,5)9(14)15;/h2*1-11H;3*6H2,1-5H3,(H,14,15);/q;;;;;+3/p-3. The number of aliphatic carboxylic acids is 3. The van der Waals surface area contributed by atoms with Crippen molar-refractivity contribution in [3.63, 3.8) is 0 Å². The van der Waals surface area contributed by atoms with E-state index >= 15 is 0 Å². The van der Waals surface area contributed by atoms with Gasteiger partial charge in [0.05, 0.1) is 75.8 Å². The Morgan fingerprint density at radius 2 is 0.551 bits per heavy atom. The van der Waals surface area contributed by atoms with Crippen LogP contribution in [-0.4, -0.2) is 62.6 Å². The number of carbonyl (C=O) groups is 9. The Bertz CT molecular complexity index is 2810. The molecule has 0 saturated carbocycles. The van der Waals surface area contributed by atoms with Crippen molar-refractivity contribution < 1.29 is 78.6 Å². The zero-order chi connectivity index (χ0) is 58.9. The summed E-state index contributed by atoms with van der Waals surface area (Å²) in [4.78, 5) is 110. The van der Waals surface area contributed by atoms with Gasteiger partial charge >= 0.3 is 20.1 Å². The van der Waals surface area contributed by atoms with Crippen molar-refractivity contribution in [1.82, 2.24) is 9.97 Å². The van der Waals surface area contributed by atoms with Crippen molar-refractivity contribution in [3.8, 4) is 22.5 Å². The topological polar surface area (TPSA) is 249 Å². The monoisotopic (exact) mass is 1240 g/mol. The molecule has 0 saturated heterocycles. The number of ketones is 6. The molecule has 2 aromatic heterocycles. The first-order chi connectivity index (χ1) is 35.3. The van der Waals surface area contributed by atoms with Crippen LogP contribution in [0.25, 0.3) is 44.3 Å². The number of aromatic nitrogens is 2. The molecular formula is C63H73IrN2O12. The minimum absolute atomic E-state index is 0. The van der Waals surface area contributed by atoms with E-state index in [1.54, 1.807) is 62.3 Å². The van der Waals surface area contributed by atoms with Crippen molar-refractivity contribution in [3.05, 3.63) is 133 Å². The Balaban J connectivity index is 0.000000486. The summed E-state index contributed by atoms with van der Waals surface area (Å²) >= 11 is 0. The maximum absolute atomic E-state index is 11.5. The molecule has 2 heterocycles. The minimum Gasteiger partial charge on any atom is -0.549 e. The van der Waals surface area contributed by atoms with Crippen molar-refractivity contribution in [1.29, 1.82) is 0 Å². The molecule has 0 atom stereocenters. The molecule has 15 heteroatoms. The molecule has 416 valence electrons. The Hall–Kier alpha value is -7.22. The number of hydrogen-bond donors (Lipinski definition) is 0. The zero-order valence-electron chi connectivity index (χ0n) is 47.4. The Morgan fingerprint density at radius 1 is 0.321 bits per heavy atom. The summed E-state index contributed by atoms with van der Waals surface area (Å²) in [6.45, 7) is 22.7. The fourth-order valence-electron chi connectivity index (χ4n) is 5.91. The van der Waals surface area contributed by atoms with Crippen LogP contribution in [0.15, 0.2) is 133 Å². The Labute approximate surface area is 472 Å². The molecule has 78 heavy (non-hydrogen) atoms. The third kappa shape index (κ3) is 21.0. The van der Waals surface area contributed by atoms with E-state index in [2.05, 4.69) is 70.6 Å². The summed E-state index contributed by atoms with van der Waals surface area (Å²) < 4.78 is 0. The first-order valence-electron chi connectivity index (χ1n) is 25.0. The van der Waals surface area contributed by atoms with Gasteiger partial charge in [0.25, 0.3) is 0 Å². The number of pyridine rings is 2. The van der Waals surface area contributed by atoms with Crippen molar-refractivity contribution in [2.24, 2.45) is 32.5 Å². The van der Waals surface area contributed by atoms with E-state index in [9.17, 15) is 58.5 Å². The number of carbonyl (C=O) groups excluding carboxylic acids is 9. The van der Waals surface area contributed by atoms with Gasteiger partial charge in [-0.05, 0) is 65.8 Å². The molecule has 0 radical (unpaired) electrons. The van der Waals surface area contributed by atoms with Gasteiger partial charge in [-0.25, -0.2) is 9.97 Å². The molecule has 14 nitrogen and oxygen atoms in total. The van der Waals surface area contributed by atoms with Crippen molar-refractivity contribution in [2.75, 3.05) is 0 Å². The normalized spacial score (nSPS) is 11.4. The smallest absolute Gasteiger partial charge is 0.549 e. The summed E-state index contributed by atoms with van der Waals surface area (Å²) in [5, 5.41) is 34.3. The van der Waals surface area contributed by atoms with Gasteiger partial charge in [-0.15, -0.1) is 0 Å². The molecule has 0 N–H and O–H groups in total. The van der Waals surface area contributed by atoms with Crippen LogP contribution in [0.4, 0.5) is 0 Å². The number of rotatable bonds is 14. The Morgan fingerprint density at radius 3 is 0.782 bits per heavy atom. The number of hydrogen-bond acceptors (Lipinski definition) is 14. The largest absolute Gasteiger partial charge is 3.00 e. The molecule has 0 aliphatic rings. The third-order valence-corrected chi connectivity index (χ3v) is 12.4. The van der Waals surface area contributed by atoms with Crippen LogP contribution < -0.4 is 15.3 Å². The molecule has 6 rings (SSSR count). The second-order valence-corrected chi connectivity index (χ2v) is 23.1.